The summed E-state index contributed by atoms with van der Waals surface area (Å²) in [6.45, 7) is 5.88. The van der Waals surface area contributed by atoms with Gasteiger partial charge in [-0.25, -0.2) is 14.1 Å². The molecule has 0 saturated carbocycles. The number of aliphatic carboxylic acids is 1. The van der Waals surface area contributed by atoms with E-state index in [4.69, 9.17) is 10.1 Å². The van der Waals surface area contributed by atoms with Crippen molar-refractivity contribution in [3.63, 3.8) is 0 Å². The number of aryl methyl sites for hydroxylation is 1. The molecule has 0 amide bonds. The van der Waals surface area contributed by atoms with Crippen molar-refractivity contribution in [2.75, 3.05) is 11.9 Å². The molecular formula is C25H31FN6O4. The number of aliphatic hydroxyl groups is 2. The molecule has 3 rings (SSSR count). The second kappa shape index (κ2) is 11.4. The Hall–Kier alpha value is -3.70. The number of tetrazole rings is 1. The van der Waals surface area contributed by atoms with Crippen LogP contribution in [0.1, 0.15) is 49.4 Å². The first-order valence-corrected chi connectivity index (χ1v) is 11.5. The van der Waals surface area contributed by atoms with E-state index < -0.39 is 24.6 Å². The van der Waals surface area contributed by atoms with E-state index in [1.165, 1.54) is 22.9 Å². The second-order valence-corrected chi connectivity index (χ2v) is 8.97. The van der Waals surface area contributed by atoms with Crippen LogP contribution in [-0.4, -0.2) is 65.7 Å². The van der Waals surface area contributed by atoms with E-state index in [0.29, 0.717) is 11.8 Å². The molecule has 2 aromatic heterocycles. The third kappa shape index (κ3) is 6.10. The van der Waals surface area contributed by atoms with E-state index >= 15 is 0 Å². The smallest absolute Gasteiger partial charge is 0.305 e. The molecule has 0 aliphatic carbocycles. The quantitative estimate of drug-likeness (QED) is 0.385. The maximum atomic E-state index is 13.8. The summed E-state index contributed by atoms with van der Waals surface area (Å²) in [4.78, 5) is 17.5. The van der Waals surface area contributed by atoms with Crippen LogP contribution in [0.4, 0.5) is 16.2 Å². The van der Waals surface area contributed by atoms with Gasteiger partial charge in [-0.1, -0.05) is 43.2 Å². The van der Waals surface area contributed by atoms with E-state index in [2.05, 4.69) is 15.5 Å². The first-order chi connectivity index (χ1) is 17.0. The summed E-state index contributed by atoms with van der Waals surface area (Å²) < 4.78 is 15.3. The summed E-state index contributed by atoms with van der Waals surface area (Å²) in [6.07, 6.45) is 0.391. The summed E-state index contributed by atoms with van der Waals surface area (Å²) >= 11 is 0. The molecule has 0 spiro atoms. The molecule has 2 heterocycles. The van der Waals surface area contributed by atoms with Gasteiger partial charge in [0, 0.05) is 31.6 Å². The van der Waals surface area contributed by atoms with E-state index in [-0.39, 0.29) is 18.2 Å². The second-order valence-electron chi connectivity index (χ2n) is 8.97. The molecule has 0 fully saturated rings. The van der Waals surface area contributed by atoms with Gasteiger partial charge in [-0.05, 0) is 46.5 Å². The number of aromatic nitrogens is 5. The highest BCUT2D eigenvalue weighted by Gasteiger charge is 2.24. The van der Waals surface area contributed by atoms with Crippen LogP contribution in [-0.2, 0) is 11.8 Å². The van der Waals surface area contributed by atoms with Gasteiger partial charge in [0.15, 0.2) is 0 Å². The first-order valence-electron chi connectivity index (χ1n) is 11.5. The predicted molar refractivity (Wildman–Crippen MR) is 133 cm³/mol. The van der Waals surface area contributed by atoms with Crippen LogP contribution in [0.3, 0.4) is 0 Å². The molecule has 0 radical (unpaired) electrons. The average molecular weight is 499 g/mol. The fraction of sp³-hybridized carbons (Fsp3) is 0.400. The number of halogens is 1. The van der Waals surface area contributed by atoms with Crippen molar-refractivity contribution >= 4 is 23.8 Å². The lowest BCUT2D eigenvalue weighted by atomic mass is 9.90. The minimum atomic E-state index is -1.18. The molecule has 3 N–H and O–H groups in total. The Labute approximate surface area is 208 Å². The number of pyridine rings is 1. The standard InChI is InChI=1S/C25H31FN6O4/c1-14(2)23-20(11-10-18(33)12-19(34)13-21(35)36)22(16-6-8-17(26)9-7-16)15(3)24(27-23)31(4)25-28-29-30-32(25)5/h6-11,14,18-19,33-34H,12-13H2,1-5H3,(H,35,36)/t18-,19-/m1/s1. The summed E-state index contributed by atoms with van der Waals surface area (Å²) in [5.74, 6) is -0.431. The molecule has 2 atom stereocenters. The Bertz CT molecular complexity index is 1240. The van der Waals surface area contributed by atoms with Crippen LogP contribution >= 0.6 is 0 Å². The van der Waals surface area contributed by atoms with Crippen molar-refractivity contribution in [1.82, 2.24) is 25.2 Å². The van der Waals surface area contributed by atoms with Gasteiger partial charge >= 0.3 is 5.97 Å². The number of nitrogens with zero attached hydrogens (tertiary/aromatic N) is 6. The number of aliphatic hydroxyl groups excluding tert-OH is 2. The van der Waals surface area contributed by atoms with E-state index in [1.807, 2.05) is 27.8 Å². The van der Waals surface area contributed by atoms with Crippen LogP contribution in [0.2, 0.25) is 0 Å². The van der Waals surface area contributed by atoms with Gasteiger partial charge in [-0.15, -0.1) is 0 Å². The minimum Gasteiger partial charge on any atom is -0.481 e. The van der Waals surface area contributed by atoms with Gasteiger partial charge < -0.3 is 15.3 Å². The molecule has 1 aromatic carbocycles. The average Bonchev–Trinajstić information content (AvgIpc) is 3.23. The van der Waals surface area contributed by atoms with Crippen LogP contribution in [0.15, 0.2) is 30.3 Å². The Balaban J connectivity index is 2.17. The minimum absolute atomic E-state index is 0.0241. The Morgan fingerprint density at radius 2 is 1.89 bits per heavy atom. The number of benzene rings is 1. The summed E-state index contributed by atoms with van der Waals surface area (Å²) in [6, 6.07) is 6.12. The molecule has 11 heteroatoms. The Kier molecular flexibility index (Phi) is 8.49. The lowest BCUT2D eigenvalue weighted by molar-refractivity contribution is -0.139. The SMILES string of the molecule is Cc1c(N(C)c2nnnn2C)nc(C(C)C)c(C=C[C@@H](O)C[C@@H](O)CC(=O)O)c1-c1ccc(F)cc1. The van der Waals surface area contributed by atoms with E-state index in [1.54, 1.807) is 30.2 Å². The number of hydrogen-bond donors (Lipinski definition) is 3. The van der Waals surface area contributed by atoms with Gasteiger partial charge in [-0.3, -0.25) is 9.69 Å². The van der Waals surface area contributed by atoms with Gasteiger partial charge in [-0.2, -0.15) is 0 Å². The maximum absolute atomic E-state index is 13.8. The first kappa shape index (κ1) is 26.9. The number of rotatable bonds is 10. The zero-order chi connectivity index (χ0) is 26.6. The molecule has 0 aliphatic heterocycles. The molecule has 0 unspecified atom stereocenters. The molecular weight excluding hydrogens is 467 g/mol. The Morgan fingerprint density at radius 3 is 2.44 bits per heavy atom. The summed E-state index contributed by atoms with van der Waals surface area (Å²) in [7, 11) is 3.53. The normalized spacial score (nSPS) is 13.4. The van der Waals surface area contributed by atoms with Crippen molar-refractivity contribution in [2.24, 2.45) is 7.05 Å². The highest BCUT2D eigenvalue weighted by Crippen LogP contribution is 2.38. The number of hydrogen-bond acceptors (Lipinski definition) is 8. The number of carbonyl (C=O) groups is 1. The maximum Gasteiger partial charge on any atom is 0.305 e. The molecule has 0 saturated heterocycles. The fourth-order valence-corrected chi connectivity index (χ4v) is 4.08. The third-order valence-electron chi connectivity index (χ3n) is 5.79. The van der Waals surface area contributed by atoms with Crippen molar-refractivity contribution in [1.29, 1.82) is 0 Å². The molecule has 192 valence electrons. The number of anilines is 2. The Morgan fingerprint density at radius 1 is 1.22 bits per heavy atom. The zero-order valence-corrected chi connectivity index (χ0v) is 20.9. The predicted octanol–water partition coefficient (Wildman–Crippen LogP) is 3.21. The van der Waals surface area contributed by atoms with Crippen LogP contribution in [0.25, 0.3) is 17.2 Å². The monoisotopic (exact) mass is 498 g/mol. The highest BCUT2D eigenvalue weighted by atomic mass is 19.1. The van der Waals surface area contributed by atoms with Gasteiger partial charge in [0.05, 0.1) is 24.3 Å². The summed E-state index contributed by atoms with van der Waals surface area (Å²) in [5.41, 5.74) is 3.79. The molecule has 10 nitrogen and oxygen atoms in total. The number of carboxylic acids is 1. The fourth-order valence-electron chi connectivity index (χ4n) is 4.08. The number of carboxylic acid groups (broad SMARTS) is 1. The third-order valence-corrected chi connectivity index (χ3v) is 5.79. The van der Waals surface area contributed by atoms with E-state index in [0.717, 1.165) is 27.9 Å². The molecule has 3 aromatic rings. The topological polar surface area (TPSA) is 137 Å². The molecule has 0 bridgehead atoms. The zero-order valence-electron chi connectivity index (χ0n) is 20.9. The van der Waals surface area contributed by atoms with Gasteiger partial charge in [0.25, 0.3) is 5.95 Å². The van der Waals surface area contributed by atoms with Crippen molar-refractivity contribution in [3.8, 4) is 11.1 Å². The lowest BCUT2D eigenvalue weighted by Gasteiger charge is -2.25. The van der Waals surface area contributed by atoms with Crippen LogP contribution in [0, 0.1) is 12.7 Å². The lowest BCUT2D eigenvalue weighted by Crippen LogP contribution is -2.20. The highest BCUT2D eigenvalue weighted by molar-refractivity contribution is 5.83. The van der Waals surface area contributed by atoms with Gasteiger partial charge in [0.2, 0.25) is 0 Å². The summed E-state index contributed by atoms with van der Waals surface area (Å²) in [5, 5.41) is 40.9. The van der Waals surface area contributed by atoms with Crippen LogP contribution in [0.5, 0.6) is 0 Å². The van der Waals surface area contributed by atoms with E-state index in [9.17, 15) is 19.4 Å². The van der Waals surface area contributed by atoms with Gasteiger partial charge in [0.1, 0.15) is 11.6 Å². The van der Waals surface area contributed by atoms with Crippen molar-refractivity contribution < 1.29 is 24.5 Å². The molecule has 36 heavy (non-hydrogen) atoms. The molecule has 0 aliphatic rings. The van der Waals surface area contributed by atoms with Crippen LogP contribution < -0.4 is 4.90 Å². The van der Waals surface area contributed by atoms with Crippen molar-refractivity contribution in [2.45, 2.75) is 51.7 Å². The largest absolute Gasteiger partial charge is 0.481 e. The van der Waals surface area contributed by atoms with Crippen molar-refractivity contribution in [3.05, 3.63) is 53.0 Å².